The van der Waals surface area contributed by atoms with Crippen LogP contribution in [0.15, 0.2) is 5.10 Å². The number of hydrogen-bond acceptors (Lipinski definition) is 4. The summed E-state index contributed by atoms with van der Waals surface area (Å²) < 4.78 is 2.42. The highest BCUT2D eigenvalue weighted by molar-refractivity contribution is 8.16. The van der Waals surface area contributed by atoms with E-state index in [0.717, 1.165) is 0 Å². The molecule has 0 fully saturated rings. The third-order valence-corrected chi connectivity index (χ3v) is 2.99. The molecule has 1 aliphatic rings. The van der Waals surface area contributed by atoms with Crippen LogP contribution in [0.1, 0.15) is 0 Å². The van der Waals surface area contributed by atoms with Crippen molar-refractivity contribution in [1.29, 1.82) is 0 Å². The zero-order chi connectivity index (χ0) is 5.98. The Morgan fingerprint density at radius 1 is 1.88 bits per heavy atom. The van der Waals surface area contributed by atoms with E-state index in [1.165, 1.54) is 0 Å². The van der Waals surface area contributed by atoms with Gasteiger partial charge in [0.15, 0.2) is 0 Å². The summed E-state index contributed by atoms with van der Waals surface area (Å²) in [7, 11) is 1.96. The van der Waals surface area contributed by atoms with Gasteiger partial charge in [0.2, 0.25) is 0 Å². The van der Waals surface area contributed by atoms with Crippen molar-refractivity contribution in [2.75, 3.05) is 13.3 Å². The molecule has 0 saturated carbocycles. The minimum absolute atomic E-state index is 0.542. The van der Waals surface area contributed by atoms with E-state index >= 15 is 0 Å². The highest BCUT2D eigenvalue weighted by atomic mass is 32.2. The van der Waals surface area contributed by atoms with Crippen LogP contribution in [0.25, 0.3) is 0 Å². The smallest absolute Gasteiger partial charge is 0.108 e. The van der Waals surface area contributed by atoms with Crippen LogP contribution >= 0.6 is 23.7 Å². The van der Waals surface area contributed by atoms with E-state index in [-0.39, 0.29) is 0 Å². The molecule has 0 N–H and O–H groups in total. The lowest BCUT2D eigenvalue weighted by atomic mass is 10.9. The van der Waals surface area contributed by atoms with Crippen molar-refractivity contribution >= 4 is 29.9 Å². The Morgan fingerprint density at radius 3 is 2.88 bits per heavy atom. The second-order valence-corrected chi connectivity index (χ2v) is 3.96. The number of thioether (sulfide) groups is 1. The van der Waals surface area contributed by atoms with Gasteiger partial charge in [-0.05, 0) is 18.2 Å². The van der Waals surface area contributed by atoms with Gasteiger partial charge in [0.05, 0.1) is 6.21 Å². The summed E-state index contributed by atoms with van der Waals surface area (Å²) in [6.45, 7) is 0. The highest BCUT2D eigenvalue weighted by Gasteiger charge is 2.12. The minimum atomic E-state index is 0.542. The largest absolute Gasteiger partial charge is 0.241 e. The van der Waals surface area contributed by atoms with Gasteiger partial charge < -0.3 is 0 Å². The van der Waals surface area contributed by atoms with E-state index in [1.807, 2.05) is 29.4 Å². The molecule has 1 heterocycles. The molecule has 2 nitrogen and oxygen atoms in total. The van der Waals surface area contributed by atoms with E-state index in [2.05, 4.69) is 11.4 Å². The van der Waals surface area contributed by atoms with E-state index in [0.29, 0.717) is 4.58 Å². The molecule has 0 aromatic heterocycles. The standard InChI is InChI=1S/C4H8N2S2/c1-6-5-3-4(7-2)8-6/h3-4H,1-2H3. The number of nitrogens with zero attached hydrogens (tertiary/aromatic N) is 2. The second-order valence-electron chi connectivity index (χ2n) is 1.44. The molecule has 0 spiro atoms. The molecule has 1 atom stereocenters. The maximum Gasteiger partial charge on any atom is 0.108 e. The summed E-state index contributed by atoms with van der Waals surface area (Å²) in [6.07, 6.45) is 4.04. The van der Waals surface area contributed by atoms with E-state index in [9.17, 15) is 0 Å². The van der Waals surface area contributed by atoms with Crippen LogP contribution in [-0.2, 0) is 0 Å². The second kappa shape index (κ2) is 2.64. The average molecular weight is 148 g/mol. The summed E-state index contributed by atoms with van der Waals surface area (Å²) in [5, 5.41) is 4.04. The molecule has 0 saturated heterocycles. The molecule has 0 aromatic carbocycles. The van der Waals surface area contributed by atoms with Gasteiger partial charge in [-0.3, -0.25) is 0 Å². The van der Waals surface area contributed by atoms with Gasteiger partial charge in [0.25, 0.3) is 0 Å². The molecule has 0 amide bonds. The summed E-state index contributed by atoms with van der Waals surface area (Å²) in [6, 6.07) is 0. The van der Waals surface area contributed by atoms with Crippen molar-refractivity contribution in [2.24, 2.45) is 5.10 Å². The average Bonchev–Trinajstić information content (AvgIpc) is 2.14. The van der Waals surface area contributed by atoms with Crippen LogP contribution in [0.3, 0.4) is 0 Å². The van der Waals surface area contributed by atoms with Gasteiger partial charge in [0.1, 0.15) is 4.58 Å². The molecule has 1 rings (SSSR count). The van der Waals surface area contributed by atoms with Crippen molar-refractivity contribution in [3.05, 3.63) is 0 Å². The zero-order valence-corrected chi connectivity index (χ0v) is 6.50. The van der Waals surface area contributed by atoms with Crippen molar-refractivity contribution in [2.45, 2.75) is 4.58 Å². The van der Waals surface area contributed by atoms with Gasteiger partial charge in [-0.1, -0.05) is 0 Å². The van der Waals surface area contributed by atoms with Gasteiger partial charge >= 0.3 is 0 Å². The Labute approximate surface area is 57.8 Å². The molecule has 46 valence electrons. The first-order valence-corrected chi connectivity index (χ1v) is 4.43. The van der Waals surface area contributed by atoms with Gasteiger partial charge in [-0.15, -0.1) is 11.8 Å². The summed E-state index contributed by atoms with van der Waals surface area (Å²) >= 11 is 3.55. The molecule has 0 aromatic rings. The van der Waals surface area contributed by atoms with Crippen LogP contribution < -0.4 is 0 Å². The Kier molecular flexibility index (Phi) is 2.08. The predicted molar refractivity (Wildman–Crippen MR) is 41.1 cm³/mol. The first-order valence-electron chi connectivity index (χ1n) is 2.30. The zero-order valence-electron chi connectivity index (χ0n) is 4.87. The lowest BCUT2D eigenvalue weighted by Gasteiger charge is -2.04. The molecule has 1 unspecified atom stereocenters. The van der Waals surface area contributed by atoms with Gasteiger partial charge in [0, 0.05) is 7.05 Å². The Hall–Kier alpha value is 0.170. The topological polar surface area (TPSA) is 15.6 Å². The molecule has 0 aliphatic carbocycles. The molecule has 0 radical (unpaired) electrons. The first-order chi connectivity index (χ1) is 3.83. The van der Waals surface area contributed by atoms with E-state index < -0.39 is 0 Å². The van der Waals surface area contributed by atoms with Crippen molar-refractivity contribution in [3.8, 4) is 0 Å². The third-order valence-electron chi connectivity index (χ3n) is 0.840. The van der Waals surface area contributed by atoms with Gasteiger partial charge in [-0.2, -0.15) is 5.10 Å². The number of hydrazone groups is 1. The molecule has 8 heavy (non-hydrogen) atoms. The fourth-order valence-electron chi connectivity index (χ4n) is 0.457. The number of hydrogen-bond donors (Lipinski definition) is 0. The monoisotopic (exact) mass is 148 g/mol. The van der Waals surface area contributed by atoms with Crippen LogP contribution in [0.2, 0.25) is 0 Å². The van der Waals surface area contributed by atoms with Crippen LogP contribution in [0.4, 0.5) is 0 Å². The quantitative estimate of drug-likeness (QED) is 0.520. The fourth-order valence-corrected chi connectivity index (χ4v) is 1.87. The SMILES string of the molecule is CSC1C=NN(C)S1. The lowest BCUT2D eigenvalue weighted by Crippen LogP contribution is -1.95. The Morgan fingerprint density at radius 2 is 2.62 bits per heavy atom. The van der Waals surface area contributed by atoms with Crippen molar-refractivity contribution in [1.82, 2.24) is 4.41 Å². The van der Waals surface area contributed by atoms with Crippen LogP contribution in [-0.4, -0.2) is 28.5 Å². The maximum absolute atomic E-state index is 4.04. The van der Waals surface area contributed by atoms with Crippen molar-refractivity contribution in [3.63, 3.8) is 0 Å². The molecular formula is C4H8N2S2. The molecule has 0 bridgehead atoms. The summed E-state index contributed by atoms with van der Waals surface area (Å²) in [5.74, 6) is 0. The maximum atomic E-state index is 4.04. The fraction of sp³-hybridized carbons (Fsp3) is 0.750. The minimum Gasteiger partial charge on any atom is -0.241 e. The molecule has 1 aliphatic heterocycles. The third kappa shape index (κ3) is 1.32. The molecular weight excluding hydrogens is 140 g/mol. The van der Waals surface area contributed by atoms with E-state index in [1.54, 1.807) is 11.9 Å². The normalized spacial score (nSPS) is 27.2. The van der Waals surface area contributed by atoms with Crippen LogP contribution in [0, 0.1) is 0 Å². The first kappa shape index (κ1) is 6.29. The van der Waals surface area contributed by atoms with Gasteiger partial charge in [-0.25, -0.2) is 4.41 Å². The number of rotatable bonds is 1. The Bertz CT molecular complexity index is 104. The predicted octanol–water partition coefficient (Wildman–Crippen LogP) is 1.25. The summed E-state index contributed by atoms with van der Waals surface area (Å²) in [4.78, 5) is 0. The van der Waals surface area contributed by atoms with E-state index in [4.69, 9.17) is 0 Å². The Balaban J connectivity index is 2.34. The molecule has 4 heteroatoms. The summed E-state index contributed by atoms with van der Waals surface area (Å²) in [5.41, 5.74) is 0. The van der Waals surface area contributed by atoms with Crippen LogP contribution in [0.5, 0.6) is 0 Å². The van der Waals surface area contributed by atoms with Crippen molar-refractivity contribution < 1.29 is 0 Å². The lowest BCUT2D eigenvalue weighted by molar-refractivity contribution is 0.630. The highest BCUT2D eigenvalue weighted by Crippen LogP contribution is 2.26.